The number of piperidine rings is 1. The van der Waals surface area contributed by atoms with Crippen molar-refractivity contribution in [2.75, 3.05) is 26.3 Å². The number of ether oxygens (including phenoxy) is 2. The summed E-state index contributed by atoms with van der Waals surface area (Å²) in [5.41, 5.74) is 5.36. The minimum absolute atomic E-state index is 0.00606. The lowest BCUT2D eigenvalue weighted by atomic mass is 9.83. The number of fused-ring (bicyclic) bond motifs is 1. The molecular weight excluding hydrogens is 436 g/mol. The second-order valence-electron chi connectivity index (χ2n) is 11.5. The van der Waals surface area contributed by atoms with Crippen LogP contribution in [-0.2, 0) is 24.1 Å². The van der Waals surface area contributed by atoms with Crippen LogP contribution in [0.15, 0.2) is 42.5 Å². The number of aryl methyl sites for hydroxylation is 1. The number of benzene rings is 2. The molecule has 0 unspecified atom stereocenters. The van der Waals surface area contributed by atoms with E-state index < -0.39 is 0 Å². The Morgan fingerprint density at radius 1 is 1.11 bits per heavy atom. The van der Waals surface area contributed by atoms with Crippen molar-refractivity contribution in [3.8, 4) is 5.75 Å². The van der Waals surface area contributed by atoms with E-state index in [1.54, 1.807) is 0 Å². The summed E-state index contributed by atoms with van der Waals surface area (Å²) >= 11 is 0. The summed E-state index contributed by atoms with van der Waals surface area (Å²) < 4.78 is 11.4. The van der Waals surface area contributed by atoms with Gasteiger partial charge >= 0.3 is 0 Å². The van der Waals surface area contributed by atoms with Crippen molar-refractivity contribution in [3.63, 3.8) is 0 Å². The van der Waals surface area contributed by atoms with Crippen molar-refractivity contribution in [1.29, 1.82) is 0 Å². The molecule has 1 amide bonds. The molecule has 2 heterocycles. The molecule has 3 aliphatic rings. The molecule has 188 valence electrons. The van der Waals surface area contributed by atoms with Crippen molar-refractivity contribution < 1.29 is 14.3 Å². The molecule has 0 bridgehead atoms. The van der Waals surface area contributed by atoms with Crippen LogP contribution in [0.5, 0.6) is 5.75 Å². The predicted octanol–water partition coefficient (Wildman–Crippen LogP) is 5.15. The van der Waals surface area contributed by atoms with Gasteiger partial charge in [0.1, 0.15) is 12.4 Å². The maximum absolute atomic E-state index is 12.9. The van der Waals surface area contributed by atoms with Gasteiger partial charge in [-0.2, -0.15) is 0 Å². The maximum Gasteiger partial charge on any atom is 0.251 e. The van der Waals surface area contributed by atoms with Crippen LogP contribution < -0.4 is 10.1 Å². The normalized spacial score (nSPS) is 24.1. The van der Waals surface area contributed by atoms with Crippen molar-refractivity contribution in [3.05, 3.63) is 64.7 Å². The maximum atomic E-state index is 12.9. The highest BCUT2D eigenvalue weighted by molar-refractivity contribution is 5.94. The molecule has 2 atom stereocenters. The molecule has 2 fully saturated rings. The van der Waals surface area contributed by atoms with Gasteiger partial charge in [-0.3, -0.25) is 9.69 Å². The smallest absolute Gasteiger partial charge is 0.251 e. The number of carbonyl (C=O) groups excluding carboxylic acids is 1. The third kappa shape index (κ3) is 6.45. The van der Waals surface area contributed by atoms with E-state index in [9.17, 15) is 4.79 Å². The zero-order chi connectivity index (χ0) is 24.3. The van der Waals surface area contributed by atoms with Gasteiger partial charge in [0, 0.05) is 31.3 Å². The first-order chi connectivity index (χ1) is 16.9. The number of amides is 1. The van der Waals surface area contributed by atoms with E-state index in [4.69, 9.17) is 9.47 Å². The SMILES string of the molecule is CC1(C)CCCN(Cc2ccc3c(c2)CC[C@H](NC(=O)c2ccc(OC[C@@H]4CCCO4)cc2)C3)C1. The van der Waals surface area contributed by atoms with Crippen molar-refractivity contribution in [2.45, 2.75) is 77.5 Å². The molecule has 0 radical (unpaired) electrons. The average molecular weight is 477 g/mol. The quantitative estimate of drug-likeness (QED) is 0.600. The van der Waals surface area contributed by atoms with Gasteiger partial charge in [-0.25, -0.2) is 0 Å². The Balaban J connectivity index is 1.12. The van der Waals surface area contributed by atoms with Crippen LogP contribution in [0.2, 0.25) is 0 Å². The summed E-state index contributed by atoms with van der Waals surface area (Å²) in [6.07, 6.45) is 7.90. The van der Waals surface area contributed by atoms with Gasteiger partial charge in [-0.1, -0.05) is 32.0 Å². The fraction of sp³-hybridized carbons (Fsp3) is 0.567. The number of hydrogen-bond acceptors (Lipinski definition) is 4. The van der Waals surface area contributed by atoms with E-state index in [1.807, 2.05) is 24.3 Å². The highest BCUT2D eigenvalue weighted by atomic mass is 16.5. The minimum atomic E-state index is -0.00606. The molecule has 0 saturated carbocycles. The fourth-order valence-electron chi connectivity index (χ4n) is 5.90. The van der Waals surface area contributed by atoms with E-state index >= 15 is 0 Å². The monoisotopic (exact) mass is 476 g/mol. The second-order valence-corrected chi connectivity index (χ2v) is 11.5. The number of hydrogen-bond donors (Lipinski definition) is 1. The van der Waals surface area contributed by atoms with Gasteiger partial charge in [-0.15, -0.1) is 0 Å². The summed E-state index contributed by atoms with van der Waals surface area (Å²) in [5, 5.41) is 3.25. The molecule has 1 aliphatic carbocycles. The van der Waals surface area contributed by atoms with Crippen LogP contribution in [-0.4, -0.2) is 49.3 Å². The van der Waals surface area contributed by atoms with Crippen LogP contribution in [0.3, 0.4) is 0 Å². The largest absolute Gasteiger partial charge is 0.491 e. The van der Waals surface area contributed by atoms with Crippen LogP contribution in [0.25, 0.3) is 0 Å². The third-order valence-corrected chi connectivity index (χ3v) is 7.80. The molecule has 0 spiro atoms. The van der Waals surface area contributed by atoms with Gasteiger partial charge in [-0.05, 0) is 97.9 Å². The molecule has 2 aromatic carbocycles. The third-order valence-electron chi connectivity index (χ3n) is 7.80. The first-order valence-electron chi connectivity index (χ1n) is 13.4. The van der Waals surface area contributed by atoms with Crippen LogP contribution >= 0.6 is 0 Å². The molecular formula is C30H40N2O3. The number of rotatable bonds is 7. The van der Waals surface area contributed by atoms with Crippen molar-refractivity contribution in [2.24, 2.45) is 5.41 Å². The number of nitrogens with one attached hydrogen (secondary N) is 1. The second kappa shape index (κ2) is 10.7. The van der Waals surface area contributed by atoms with E-state index in [1.165, 1.54) is 42.6 Å². The highest BCUT2D eigenvalue weighted by Crippen LogP contribution is 2.30. The predicted molar refractivity (Wildman–Crippen MR) is 139 cm³/mol. The minimum Gasteiger partial charge on any atom is -0.491 e. The van der Waals surface area contributed by atoms with Crippen LogP contribution in [0, 0.1) is 5.41 Å². The van der Waals surface area contributed by atoms with Gasteiger partial charge < -0.3 is 14.8 Å². The summed E-state index contributed by atoms with van der Waals surface area (Å²) in [7, 11) is 0. The van der Waals surface area contributed by atoms with Gasteiger partial charge in [0.25, 0.3) is 5.91 Å². The summed E-state index contributed by atoms with van der Waals surface area (Å²) in [6, 6.07) is 14.6. The lowest BCUT2D eigenvalue weighted by Gasteiger charge is -2.38. The fourth-order valence-corrected chi connectivity index (χ4v) is 5.90. The van der Waals surface area contributed by atoms with E-state index in [0.29, 0.717) is 17.6 Å². The van der Waals surface area contributed by atoms with Crippen molar-refractivity contribution in [1.82, 2.24) is 10.2 Å². The Morgan fingerprint density at radius 2 is 1.97 bits per heavy atom. The number of carbonyl (C=O) groups is 1. The number of nitrogens with zero attached hydrogens (tertiary/aromatic N) is 1. The Labute approximate surface area is 210 Å². The molecule has 5 rings (SSSR count). The molecule has 5 heteroatoms. The lowest BCUT2D eigenvalue weighted by Crippen LogP contribution is -2.40. The van der Waals surface area contributed by atoms with Crippen LogP contribution in [0.1, 0.15) is 73.0 Å². The van der Waals surface area contributed by atoms with Gasteiger partial charge in [0.05, 0.1) is 6.10 Å². The summed E-state index contributed by atoms with van der Waals surface area (Å²) in [6.45, 7) is 9.60. The topological polar surface area (TPSA) is 50.8 Å². The Morgan fingerprint density at radius 3 is 2.74 bits per heavy atom. The van der Waals surface area contributed by atoms with Gasteiger partial charge in [0.15, 0.2) is 0 Å². The highest BCUT2D eigenvalue weighted by Gasteiger charge is 2.27. The Hall–Kier alpha value is -2.37. The van der Waals surface area contributed by atoms with E-state index in [0.717, 1.165) is 51.0 Å². The van der Waals surface area contributed by atoms with E-state index in [-0.39, 0.29) is 18.1 Å². The van der Waals surface area contributed by atoms with Crippen molar-refractivity contribution >= 4 is 5.91 Å². The summed E-state index contributed by atoms with van der Waals surface area (Å²) in [4.78, 5) is 15.5. The Bertz CT molecular complexity index is 1010. The standard InChI is InChI=1S/C30H40N2O3/c1-30(2)14-4-15-32(21-30)19-22-6-7-25-18-26(11-8-24(25)17-22)31-29(33)23-9-12-27(13-10-23)35-20-28-5-3-16-34-28/h6-7,9-10,12-13,17,26,28H,3-5,8,11,14-16,18-21H2,1-2H3,(H,31,33)/t26-,28-/m0/s1. The first-order valence-corrected chi connectivity index (χ1v) is 13.4. The van der Waals surface area contributed by atoms with E-state index in [2.05, 4.69) is 42.3 Å². The van der Waals surface area contributed by atoms with Gasteiger partial charge in [0.2, 0.25) is 0 Å². The Kier molecular flexibility index (Phi) is 7.45. The molecule has 2 aromatic rings. The lowest BCUT2D eigenvalue weighted by molar-refractivity contribution is 0.0679. The summed E-state index contributed by atoms with van der Waals surface area (Å²) in [5.74, 6) is 0.779. The number of likely N-dealkylation sites (tertiary alicyclic amines) is 1. The molecule has 0 aromatic heterocycles. The zero-order valence-electron chi connectivity index (χ0n) is 21.4. The van der Waals surface area contributed by atoms with Crippen LogP contribution in [0.4, 0.5) is 0 Å². The molecule has 35 heavy (non-hydrogen) atoms. The average Bonchev–Trinajstić information content (AvgIpc) is 3.36. The molecule has 1 N–H and O–H groups in total. The molecule has 5 nitrogen and oxygen atoms in total. The molecule has 2 aliphatic heterocycles. The first kappa shape index (κ1) is 24.3. The molecule has 2 saturated heterocycles. The zero-order valence-corrected chi connectivity index (χ0v) is 21.4.